The third-order valence-corrected chi connectivity index (χ3v) is 7.75. The summed E-state index contributed by atoms with van der Waals surface area (Å²) in [5, 5.41) is 6.04. The van der Waals surface area contributed by atoms with Gasteiger partial charge >= 0.3 is 0 Å². The van der Waals surface area contributed by atoms with E-state index in [-0.39, 0.29) is 12.0 Å². The number of nitrogens with two attached hydrogens (primary N) is 1. The van der Waals surface area contributed by atoms with Crippen molar-refractivity contribution in [3.8, 4) is 11.8 Å². The Morgan fingerprint density at radius 3 is 3.03 bits per heavy atom. The average molecular weight is 486 g/mol. The SMILES string of the molecule is N[C@@H]1CC=CC[C@H]1c1sc2c(NCc3cccs3)cc(Cl)nc2c1C#CCCCOC=O. The van der Waals surface area contributed by atoms with E-state index in [1.165, 1.54) is 9.75 Å². The van der Waals surface area contributed by atoms with Gasteiger partial charge in [-0.3, -0.25) is 4.79 Å². The van der Waals surface area contributed by atoms with E-state index in [1.807, 2.05) is 12.1 Å². The number of nitrogens with zero attached hydrogens (tertiary/aromatic N) is 1. The van der Waals surface area contributed by atoms with E-state index in [2.05, 4.69) is 45.7 Å². The summed E-state index contributed by atoms with van der Waals surface area (Å²) in [6, 6.07) is 6.08. The molecule has 1 aliphatic rings. The number of hydrogen-bond acceptors (Lipinski definition) is 7. The maximum atomic E-state index is 10.3. The number of pyridine rings is 1. The first-order valence-electron chi connectivity index (χ1n) is 10.5. The zero-order valence-corrected chi connectivity index (χ0v) is 19.9. The highest BCUT2D eigenvalue weighted by Gasteiger charge is 2.27. The predicted molar refractivity (Wildman–Crippen MR) is 133 cm³/mol. The van der Waals surface area contributed by atoms with Crippen molar-refractivity contribution in [3.63, 3.8) is 0 Å². The number of aromatic nitrogens is 1. The molecule has 0 aromatic carbocycles. The maximum absolute atomic E-state index is 10.3. The average Bonchev–Trinajstić information content (AvgIpc) is 3.43. The summed E-state index contributed by atoms with van der Waals surface area (Å²) >= 11 is 9.85. The number of carbonyl (C=O) groups excluding carboxylic acids is 1. The Balaban J connectivity index is 1.72. The molecule has 5 nitrogen and oxygen atoms in total. The monoisotopic (exact) mass is 485 g/mol. The number of ether oxygens (including phenoxy) is 1. The molecule has 0 saturated heterocycles. The Morgan fingerprint density at radius 2 is 2.25 bits per heavy atom. The highest BCUT2D eigenvalue weighted by atomic mass is 35.5. The summed E-state index contributed by atoms with van der Waals surface area (Å²) in [5.41, 5.74) is 9.20. The lowest BCUT2D eigenvalue weighted by Gasteiger charge is -2.24. The molecule has 3 aromatic heterocycles. The van der Waals surface area contributed by atoms with Crippen LogP contribution in [0.3, 0.4) is 0 Å². The van der Waals surface area contributed by atoms with Gasteiger partial charge in [-0.15, -0.1) is 22.7 Å². The summed E-state index contributed by atoms with van der Waals surface area (Å²) in [6.07, 6.45) is 7.41. The Labute approximate surface area is 200 Å². The minimum absolute atomic E-state index is 0.0487. The van der Waals surface area contributed by atoms with Crippen LogP contribution in [0.2, 0.25) is 5.15 Å². The van der Waals surface area contributed by atoms with E-state index in [0.29, 0.717) is 31.1 Å². The molecule has 0 radical (unpaired) electrons. The summed E-state index contributed by atoms with van der Waals surface area (Å²) in [6.45, 7) is 1.56. The molecule has 0 fully saturated rings. The molecule has 0 amide bonds. The van der Waals surface area contributed by atoms with Gasteiger partial charge in [0, 0.05) is 40.7 Å². The molecule has 3 aromatic rings. The van der Waals surface area contributed by atoms with Crippen LogP contribution in [0.1, 0.15) is 46.9 Å². The molecule has 0 spiro atoms. The molecule has 0 saturated carbocycles. The van der Waals surface area contributed by atoms with Crippen molar-refractivity contribution in [1.82, 2.24) is 4.98 Å². The molecule has 8 heteroatoms. The van der Waals surface area contributed by atoms with Crippen LogP contribution in [-0.4, -0.2) is 24.1 Å². The van der Waals surface area contributed by atoms with Gasteiger partial charge in [0.15, 0.2) is 0 Å². The Kier molecular flexibility index (Phi) is 7.82. The summed E-state index contributed by atoms with van der Waals surface area (Å²) in [4.78, 5) is 17.4. The molecular formula is C24H24ClN3O2S2. The van der Waals surface area contributed by atoms with E-state index in [4.69, 9.17) is 22.1 Å². The molecule has 2 atom stereocenters. The number of thiophene rings is 2. The highest BCUT2D eigenvalue weighted by Crippen LogP contribution is 2.43. The van der Waals surface area contributed by atoms with Crippen LogP contribution in [0.15, 0.2) is 35.7 Å². The van der Waals surface area contributed by atoms with Crippen molar-refractivity contribution >= 4 is 56.7 Å². The minimum Gasteiger partial charge on any atom is -0.468 e. The standard InChI is InChI=1S/C24H24ClN3O2S2/c25-21-13-20(27-14-16-7-6-12-31-16)24-22(28-21)18(9-2-1-5-11-30-15-29)23(32-24)17-8-3-4-10-19(17)26/h3-4,6-7,12-13,15,17,19H,1,5,8,10-11,14,26H2,(H,27,28)/t17-,19-/m1/s1. The fraction of sp³-hybridized carbons (Fsp3) is 0.333. The van der Waals surface area contributed by atoms with E-state index in [1.54, 1.807) is 22.7 Å². The van der Waals surface area contributed by atoms with Crippen molar-refractivity contribution in [2.24, 2.45) is 5.73 Å². The summed E-state index contributed by atoms with van der Waals surface area (Å²) in [7, 11) is 0. The quantitative estimate of drug-likeness (QED) is 0.141. The number of halogens is 1. The Bertz CT molecular complexity index is 1160. The molecule has 1 aliphatic carbocycles. The molecule has 166 valence electrons. The minimum atomic E-state index is 0.0487. The smallest absolute Gasteiger partial charge is 0.293 e. The van der Waals surface area contributed by atoms with Crippen LogP contribution in [0.5, 0.6) is 0 Å². The van der Waals surface area contributed by atoms with Crippen LogP contribution < -0.4 is 11.1 Å². The van der Waals surface area contributed by atoms with Crippen LogP contribution in [-0.2, 0) is 16.1 Å². The molecule has 0 bridgehead atoms. The molecule has 0 aliphatic heterocycles. The normalized spacial score (nSPS) is 17.7. The van der Waals surface area contributed by atoms with Crippen molar-refractivity contribution in [3.05, 3.63) is 56.2 Å². The zero-order valence-electron chi connectivity index (χ0n) is 17.5. The molecule has 3 heterocycles. The number of allylic oxidation sites excluding steroid dienone is 1. The number of unbranched alkanes of at least 4 members (excludes halogenated alkanes) is 1. The van der Waals surface area contributed by atoms with E-state index in [9.17, 15) is 4.79 Å². The highest BCUT2D eigenvalue weighted by molar-refractivity contribution is 7.20. The van der Waals surface area contributed by atoms with Gasteiger partial charge < -0.3 is 15.8 Å². The van der Waals surface area contributed by atoms with E-state index < -0.39 is 0 Å². The lowest BCUT2D eigenvalue weighted by atomic mass is 9.87. The summed E-state index contributed by atoms with van der Waals surface area (Å²) in [5.74, 6) is 6.77. The second kappa shape index (κ2) is 11.0. The van der Waals surface area contributed by atoms with Gasteiger partial charge in [0.1, 0.15) is 10.7 Å². The first-order valence-corrected chi connectivity index (χ1v) is 12.6. The molecule has 4 rings (SSSR count). The van der Waals surface area contributed by atoms with Crippen molar-refractivity contribution in [2.45, 2.75) is 44.2 Å². The molecular weight excluding hydrogens is 462 g/mol. The van der Waals surface area contributed by atoms with Crippen molar-refractivity contribution in [2.75, 3.05) is 11.9 Å². The van der Waals surface area contributed by atoms with Crippen LogP contribution in [0.25, 0.3) is 10.2 Å². The zero-order chi connectivity index (χ0) is 22.3. The second-order valence-corrected chi connectivity index (χ2v) is 10.0. The Hall–Kier alpha value is -2.37. The second-order valence-electron chi connectivity index (χ2n) is 7.53. The number of carbonyl (C=O) groups is 1. The van der Waals surface area contributed by atoms with Gasteiger partial charge in [-0.05, 0) is 30.7 Å². The maximum Gasteiger partial charge on any atom is 0.293 e. The first-order chi connectivity index (χ1) is 15.7. The summed E-state index contributed by atoms with van der Waals surface area (Å²) < 4.78 is 5.81. The van der Waals surface area contributed by atoms with E-state index >= 15 is 0 Å². The van der Waals surface area contributed by atoms with Gasteiger partial charge in [0.05, 0.1) is 22.6 Å². The van der Waals surface area contributed by atoms with Crippen LogP contribution in [0.4, 0.5) is 5.69 Å². The number of fused-ring (bicyclic) bond motifs is 1. The molecule has 0 unspecified atom stereocenters. The van der Waals surface area contributed by atoms with Crippen LogP contribution >= 0.6 is 34.3 Å². The van der Waals surface area contributed by atoms with Gasteiger partial charge in [0.2, 0.25) is 0 Å². The lowest BCUT2D eigenvalue weighted by molar-refractivity contribution is -0.128. The fourth-order valence-corrected chi connectivity index (χ4v) is 5.96. The fourth-order valence-electron chi connectivity index (χ4n) is 3.74. The topological polar surface area (TPSA) is 77.2 Å². The number of rotatable bonds is 8. The predicted octanol–water partition coefficient (Wildman–Crippen LogP) is 5.69. The third-order valence-electron chi connectivity index (χ3n) is 5.33. The van der Waals surface area contributed by atoms with Gasteiger partial charge in [-0.1, -0.05) is 41.7 Å². The number of hydrogen-bond donors (Lipinski definition) is 2. The van der Waals surface area contributed by atoms with Gasteiger partial charge in [0.25, 0.3) is 6.47 Å². The third kappa shape index (κ3) is 5.33. The number of anilines is 1. The van der Waals surface area contributed by atoms with Crippen LogP contribution in [0, 0.1) is 11.8 Å². The first kappa shape index (κ1) is 22.8. The Morgan fingerprint density at radius 1 is 1.38 bits per heavy atom. The molecule has 3 N–H and O–H groups in total. The van der Waals surface area contributed by atoms with Gasteiger partial charge in [-0.2, -0.15) is 0 Å². The van der Waals surface area contributed by atoms with Crippen molar-refractivity contribution in [1.29, 1.82) is 0 Å². The number of nitrogens with one attached hydrogen (secondary N) is 1. The lowest BCUT2D eigenvalue weighted by Crippen LogP contribution is -2.29. The van der Waals surface area contributed by atoms with E-state index in [0.717, 1.165) is 40.9 Å². The molecule has 32 heavy (non-hydrogen) atoms. The largest absolute Gasteiger partial charge is 0.468 e. The van der Waals surface area contributed by atoms with Gasteiger partial charge in [-0.25, -0.2) is 4.98 Å². The van der Waals surface area contributed by atoms with Crippen molar-refractivity contribution < 1.29 is 9.53 Å².